The maximum atomic E-state index is 13.6. The number of rotatable bonds is 16. The van der Waals surface area contributed by atoms with Gasteiger partial charge in [-0.1, -0.05) is 124 Å². The Kier molecular flexibility index (Phi) is 11.9. The summed E-state index contributed by atoms with van der Waals surface area (Å²) in [7, 11) is 0. The fourth-order valence-electron chi connectivity index (χ4n) is 4.91. The minimum Gasteiger partial charge on any atom is -0.391 e. The van der Waals surface area contributed by atoms with E-state index in [2.05, 4.69) is 60.4 Å². The van der Waals surface area contributed by atoms with Gasteiger partial charge in [0.1, 0.15) is 0 Å². The van der Waals surface area contributed by atoms with Crippen LogP contribution in [-0.2, 0) is 30.7 Å². The minimum atomic E-state index is -0.767. The molecule has 192 valence electrons. The van der Waals surface area contributed by atoms with Crippen molar-refractivity contribution in [2.24, 2.45) is 0 Å². The Morgan fingerprint density at radius 3 is 1.72 bits per heavy atom. The number of carbonyl (C=O) groups excluding carboxylic acids is 1. The largest absolute Gasteiger partial charge is 0.391 e. The minimum absolute atomic E-state index is 0.0561. The molecule has 1 N–H and O–H groups in total. The molecule has 3 aromatic carbocycles. The van der Waals surface area contributed by atoms with Crippen molar-refractivity contribution in [3.63, 3.8) is 0 Å². The van der Waals surface area contributed by atoms with E-state index < -0.39 is 12.1 Å². The molecule has 0 spiro atoms. The highest BCUT2D eigenvalue weighted by Crippen LogP contribution is 2.19. The van der Waals surface area contributed by atoms with Crippen LogP contribution in [-0.4, -0.2) is 27.9 Å². The van der Waals surface area contributed by atoms with E-state index in [9.17, 15) is 9.90 Å². The molecule has 0 amide bonds. The molecule has 0 radical (unpaired) electrons. The van der Waals surface area contributed by atoms with Crippen molar-refractivity contribution in [2.45, 2.75) is 90.4 Å². The van der Waals surface area contributed by atoms with Crippen molar-refractivity contribution >= 4 is 5.78 Å². The van der Waals surface area contributed by atoms with Crippen LogP contribution in [0.5, 0.6) is 0 Å². The van der Waals surface area contributed by atoms with Gasteiger partial charge in [0.05, 0.1) is 12.1 Å². The first kappa shape index (κ1) is 27.8. The van der Waals surface area contributed by atoms with Crippen LogP contribution in [0.25, 0.3) is 0 Å². The van der Waals surface area contributed by atoms with Gasteiger partial charge >= 0.3 is 0 Å². The Morgan fingerprint density at radius 2 is 1.19 bits per heavy atom. The summed E-state index contributed by atoms with van der Waals surface area (Å²) in [6.07, 6.45) is 8.45. The molecule has 36 heavy (non-hydrogen) atoms. The van der Waals surface area contributed by atoms with Crippen molar-refractivity contribution in [1.82, 2.24) is 4.90 Å². The predicted molar refractivity (Wildman–Crippen MR) is 150 cm³/mol. The van der Waals surface area contributed by atoms with Crippen molar-refractivity contribution in [3.8, 4) is 0 Å². The van der Waals surface area contributed by atoms with Gasteiger partial charge in [0, 0.05) is 19.5 Å². The number of hydrogen-bond donors (Lipinski definition) is 1. The highest BCUT2D eigenvalue weighted by Gasteiger charge is 2.30. The molecule has 2 atom stereocenters. The van der Waals surface area contributed by atoms with E-state index in [0.717, 1.165) is 23.1 Å². The first-order valence-corrected chi connectivity index (χ1v) is 13.7. The third-order valence-electron chi connectivity index (χ3n) is 6.86. The van der Waals surface area contributed by atoms with E-state index in [1.165, 1.54) is 44.1 Å². The Balaban J connectivity index is 1.65. The normalized spacial score (nSPS) is 13.0. The zero-order valence-electron chi connectivity index (χ0n) is 22.1. The summed E-state index contributed by atoms with van der Waals surface area (Å²) < 4.78 is 0. The van der Waals surface area contributed by atoms with Gasteiger partial charge in [0.25, 0.3) is 0 Å². The Morgan fingerprint density at radius 1 is 0.694 bits per heavy atom. The van der Waals surface area contributed by atoms with E-state index in [0.29, 0.717) is 19.5 Å². The molecule has 3 rings (SSSR count). The number of aliphatic hydroxyl groups excluding tert-OH is 1. The van der Waals surface area contributed by atoms with Crippen LogP contribution in [0.3, 0.4) is 0 Å². The van der Waals surface area contributed by atoms with Crippen LogP contribution < -0.4 is 0 Å². The van der Waals surface area contributed by atoms with Crippen molar-refractivity contribution in [2.75, 3.05) is 0 Å². The average Bonchev–Trinajstić information content (AvgIpc) is 2.88. The number of aryl methyl sites for hydroxylation is 1. The molecule has 0 aliphatic heterocycles. The SMILES string of the molecule is CCCCCCCCc1ccc(CC(=O)[C@H]([C@H](C)O)N(Cc2ccccc2)Cc2ccccc2)cc1. The van der Waals surface area contributed by atoms with Gasteiger partial charge in [-0.05, 0) is 42.0 Å². The highest BCUT2D eigenvalue weighted by atomic mass is 16.3. The summed E-state index contributed by atoms with van der Waals surface area (Å²) in [5.74, 6) is 0.0561. The number of Topliss-reactive ketones (excluding diaryl/α,β-unsaturated/α-hetero) is 1. The maximum Gasteiger partial charge on any atom is 0.156 e. The molecular weight excluding hydrogens is 442 g/mol. The summed E-state index contributed by atoms with van der Waals surface area (Å²) >= 11 is 0. The number of ketones is 1. The average molecular weight is 486 g/mol. The van der Waals surface area contributed by atoms with Crippen LogP contribution in [0.1, 0.15) is 74.6 Å². The van der Waals surface area contributed by atoms with E-state index in [1.807, 2.05) is 36.4 Å². The van der Waals surface area contributed by atoms with E-state index >= 15 is 0 Å². The quantitative estimate of drug-likeness (QED) is 0.219. The molecule has 0 aromatic heterocycles. The standard InChI is InChI=1S/C33H43NO2/c1-3-4-5-6-7-10-15-28-20-22-29(23-21-28)24-32(36)33(27(2)35)34(25-30-16-11-8-12-17-30)26-31-18-13-9-14-19-31/h8-9,11-14,16-23,27,33,35H,3-7,10,15,24-26H2,1-2H3/t27-,33-/m0/s1. The van der Waals surface area contributed by atoms with Crippen LogP contribution in [0, 0.1) is 0 Å². The summed E-state index contributed by atoms with van der Waals surface area (Å²) in [4.78, 5) is 15.7. The second kappa shape index (κ2) is 15.4. The van der Waals surface area contributed by atoms with Gasteiger partial charge in [-0.3, -0.25) is 9.69 Å². The molecule has 3 nitrogen and oxygen atoms in total. The summed E-state index contributed by atoms with van der Waals surface area (Å²) in [5.41, 5.74) is 4.61. The maximum absolute atomic E-state index is 13.6. The van der Waals surface area contributed by atoms with Crippen LogP contribution >= 0.6 is 0 Å². The fourth-order valence-corrected chi connectivity index (χ4v) is 4.91. The molecule has 3 heteroatoms. The Bertz CT molecular complexity index is 957. The van der Waals surface area contributed by atoms with Crippen molar-refractivity contribution in [3.05, 3.63) is 107 Å². The molecule has 0 aliphatic carbocycles. The third kappa shape index (κ3) is 9.37. The lowest BCUT2D eigenvalue weighted by Crippen LogP contribution is -2.47. The Labute approximate surface area is 218 Å². The molecule has 0 saturated carbocycles. The molecular formula is C33H43NO2. The molecule has 0 unspecified atom stereocenters. The monoisotopic (exact) mass is 485 g/mol. The highest BCUT2D eigenvalue weighted by molar-refractivity contribution is 5.86. The summed E-state index contributed by atoms with van der Waals surface area (Å²) in [6, 6.07) is 28.3. The predicted octanol–water partition coefficient (Wildman–Crippen LogP) is 7.15. The van der Waals surface area contributed by atoms with Crippen LogP contribution in [0.4, 0.5) is 0 Å². The smallest absolute Gasteiger partial charge is 0.156 e. The lowest BCUT2D eigenvalue weighted by atomic mass is 9.96. The lowest BCUT2D eigenvalue weighted by Gasteiger charge is -2.33. The van der Waals surface area contributed by atoms with Gasteiger partial charge < -0.3 is 5.11 Å². The number of carbonyl (C=O) groups is 1. The zero-order chi connectivity index (χ0) is 25.6. The van der Waals surface area contributed by atoms with E-state index in [-0.39, 0.29) is 5.78 Å². The number of benzene rings is 3. The van der Waals surface area contributed by atoms with Gasteiger partial charge in [-0.25, -0.2) is 0 Å². The molecule has 0 bridgehead atoms. The first-order valence-electron chi connectivity index (χ1n) is 13.7. The molecule has 0 fully saturated rings. The second-order valence-corrected chi connectivity index (χ2v) is 10.0. The molecule has 3 aromatic rings. The van der Waals surface area contributed by atoms with Crippen LogP contribution in [0.15, 0.2) is 84.9 Å². The topological polar surface area (TPSA) is 40.5 Å². The number of unbranched alkanes of at least 4 members (excludes halogenated alkanes) is 5. The van der Waals surface area contributed by atoms with E-state index in [1.54, 1.807) is 6.92 Å². The number of hydrogen-bond acceptors (Lipinski definition) is 3. The zero-order valence-corrected chi connectivity index (χ0v) is 22.1. The summed E-state index contributed by atoms with van der Waals surface area (Å²) in [6.45, 7) is 5.19. The van der Waals surface area contributed by atoms with Gasteiger partial charge in [0.15, 0.2) is 5.78 Å². The molecule has 0 saturated heterocycles. The second-order valence-electron chi connectivity index (χ2n) is 10.0. The van der Waals surface area contributed by atoms with E-state index in [4.69, 9.17) is 0 Å². The van der Waals surface area contributed by atoms with Gasteiger partial charge in [-0.15, -0.1) is 0 Å². The van der Waals surface area contributed by atoms with Crippen LogP contribution in [0.2, 0.25) is 0 Å². The molecule has 0 aliphatic rings. The molecule has 0 heterocycles. The lowest BCUT2D eigenvalue weighted by molar-refractivity contribution is -0.128. The first-order chi connectivity index (χ1) is 17.6. The number of aliphatic hydroxyl groups is 1. The third-order valence-corrected chi connectivity index (χ3v) is 6.86. The summed E-state index contributed by atoms with van der Waals surface area (Å²) in [5, 5.41) is 10.7. The van der Waals surface area contributed by atoms with Crippen molar-refractivity contribution < 1.29 is 9.90 Å². The van der Waals surface area contributed by atoms with Crippen molar-refractivity contribution in [1.29, 1.82) is 0 Å². The number of nitrogens with zero attached hydrogens (tertiary/aromatic N) is 1. The van der Waals surface area contributed by atoms with Gasteiger partial charge in [-0.2, -0.15) is 0 Å². The van der Waals surface area contributed by atoms with Gasteiger partial charge in [0.2, 0.25) is 0 Å². The fraction of sp³-hybridized carbons (Fsp3) is 0.424. The Hall–Kier alpha value is -2.75.